The Morgan fingerprint density at radius 2 is 1.93 bits per heavy atom. The molecule has 2 N–H and O–H groups in total. The van der Waals surface area contributed by atoms with Crippen molar-refractivity contribution in [3.05, 3.63) is 82.9 Å². The van der Waals surface area contributed by atoms with Crippen molar-refractivity contribution in [2.45, 2.75) is 4.90 Å². The molecule has 0 amide bonds. The number of hydrogen-bond donors (Lipinski definition) is 2. The lowest BCUT2D eigenvalue weighted by Crippen LogP contribution is -2.15. The van der Waals surface area contributed by atoms with Crippen LogP contribution in [-0.2, 0) is 10.0 Å². The fraction of sp³-hybridized carbons (Fsp3) is 0. The average molecular weight is 424 g/mol. The van der Waals surface area contributed by atoms with E-state index in [1.807, 2.05) is 0 Å². The van der Waals surface area contributed by atoms with Crippen LogP contribution in [0.4, 0.5) is 14.5 Å². The molecular formula is C18H12ClF2N3O3S. The van der Waals surface area contributed by atoms with Gasteiger partial charge in [-0.25, -0.2) is 27.2 Å². The summed E-state index contributed by atoms with van der Waals surface area (Å²) in [7, 11) is -4.38. The van der Waals surface area contributed by atoms with Crippen LogP contribution in [0.5, 0.6) is 0 Å². The Balaban J connectivity index is 1.90. The van der Waals surface area contributed by atoms with Crippen molar-refractivity contribution >= 4 is 39.1 Å². The Kier molecular flexibility index (Phi) is 5.57. The van der Waals surface area contributed by atoms with E-state index < -0.39 is 26.6 Å². The molecule has 0 saturated heterocycles. The first-order valence-corrected chi connectivity index (χ1v) is 9.58. The van der Waals surface area contributed by atoms with Gasteiger partial charge in [0.1, 0.15) is 22.3 Å². The molecule has 3 rings (SSSR count). The van der Waals surface area contributed by atoms with Crippen LogP contribution in [0.25, 0.3) is 11.8 Å². The number of nitrogens with zero attached hydrogens (tertiary/aromatic N) is 2. The standard InChI is InChI=1S/C18H12ClF2N3O3S/c19-18-22-7-6-13(23-18)10-16(25)11-2-1-3-14(8-11)24-28(26,27)17-9-12(20)4-5-15(17)21/h1-10,24-25H/b16-10-. The van der Waals surface area contributed by atoms with Crippen LogP contribution in [0.1, 0.15) is 11.3 Å². The first kappa shape index (κ1) is 19.7. The summed E-state index contributed by atoms with van der Waals surface area (Å²) in [5.41, 5.74) is 0.641. The van der Waals surface area contributed by atoms with Gasteiger partial charge < -0.3 is 5.11 Å². The lowest BCUT2D eigenvalue weighted by molar-refractivity contribution is 0.515. The van der Waals surface area contributed by atoms with Gasteiger partial charge in [0.05, 0.1) is 5.69 Å². The lowest BCUT2D eigenvalue weighted by atomic mass is 10.1. The summed E-state index contributed by atoms with van der Waals surface area (Å²) in [4.78, 5) is 6.81. The summed E-state index contributed by atoms with van der Waals surface area (Å²) in [6.07, 6.45) is 2.72. The zero-order valence-corrected chi connectivity index (χ0v) is 15.5. The summed E-state index contributed by atoms with van der Waals surface area (Å²) < 4.78 is 54.0. The van der Waals surface area contributed by atoms with E-state index >= 15 is 0 Å². The zero-order chi connectivity index (χ0) is 20.3. The molecule has 1 heterocycles. The lowest BCUT2D eigenvalue weighted by Gasteiger charge is -2.10. The minimum absolute atomic E-state index is 0.000167. The van der Waals surface area contributed by atoms with Crippen LogP contribution in [0.15, 0.2) is 59.6 Å². The van der Waals surface area contributed by atoms with E-state index in [1.165, 1.54) is 42.6 Å². The third-order valence-corrected chi connectivity index (χ3v) is 5.10. The second-order valence-corrected chi connectivity index (χ2v) is 7.53. The molecule has 0 radical (unpaired) electrons. The Hall–Kier alpha value is -3.04. The molecule has 6 nitrogen and oxygen atoms in total. The number of anilines is 1. The number of rotatable bonds is 5. The molecule has 0 aliphatic carbocycles. The number of sulfonamides is 1. The van der Waals surface area contributed by atoms with Crippen molar-refractivity contribution in [1.82, 2.24) is 9.97 Å². The van der Waals surface area contributed by atoms with Gasteiger partial charge in [-0.3, -0.25) is 4.72 Å². The zero-order valence-electron chi connectivity index (χ0n) is 14.0. The first-order valence-electron chi connectivity index (χ1n) is 7.72. The highest BCUT2D eigenvalue weighted by Gasteiger charge is 2.20. The molecule has 0 aliphatic heterocycles. The molecule has 3 aromatic rings. The molecule has 28 heavy (non-hydrogen) atoms. The van der Waals surface area contributed by atoms with Crippen LogP contribution < -0.4 is 4.72 Å². The summed E-state index contributed by atoms with van der Waals surface area (Å²) in [6, 6.07) is 9.36. The number of benzene rings is 2. The second-order valence-electron chi connectivity index (χ2n) is 5.54. The van der Waals surface area contributed by atoms with Gasteiger partial charge in [0.25, 0.3) is 10.0 Å². The summed E-state index contributed by atoms with van der Waals surface area (Å²) >= 11 is 5.69. The van der Waals surface area contributed by atoms with Crippen LogP contribution in [0, 0.1) is 11.6 Å². The van der Waals surface area contributed by atoms with Gasteiger partial charge in [0.15, 0.2) is 0 Å². The van der Waals surface area contributed by atoms with E-state index in [1.54, 1.807) is 0 Å². The molecule has 1 aromatic heterocycles. The smallest absolute Gasteiger partial charge is 0.264 e. The minimum atomic E-state index is -4.38. The second kappa shape index (κ2) is 7.91. The van der Waals surface area contributed by atoms with Gasteiger partial charge in [-0.15, -0.1) is 0 Å². The maximum atomic E-state index is 13.8. The van der Waals surface area contributed by atoms with Gasteiger partial charge in [0.2, 0.25) is 5.28 Å². The fourth-order valence-corrected chi connectivity index (χ4v) is 3.58. The van der Waals surface area contributed by atoms with Crippen molar-refractivity contribution in [1.29, 1.82) is 0 Å². The normalized spacial score (nSPS) is 12.0. The highest BCUT2D eigenvalue weighted by molar-refractivity contribution is 7.92. The van der Waals surface area contributed by atoms with Crippen LogP contribution >= 0.6 is 11.6 Å². The minimum Gasteiger partial charge on any atom is -0.507 e. The molecule has 0 bridgehead atoms. The Morgan fingerprint density at radius 1 is 1.14 bits per heavy atom. The van der Waals surface area contributed by atoms with Gasteiger partial charge in [-0.1, -0.05) is 12.1 Å². The maximum Gasteiger partial charge on any atom is 0.264 e. The molecule has 0 unspecified atom stereocenters. The van der Waals surface area contributed by atoms with Crippen LogP contribution in [0.2, 0.25) is 5.28 Å². The highest BCUT2D eigenvalue weighted by atomic mass is 35.5. The van der Waals surface area contributed by atoms with E-state index in [9.17, 15) is 22.3 Å². The van der Waals surface area contributed by atoms with E-state index in [-0.39, 0.29) is 22.3 Å². The summed E-state index contributed by atoms with van der Waals surface area (Å²) in [5, 5.41) is 10.3. The largest absolute Gasteiger partial charge is 0.507 e. The summed E-state index contributed by atoms with van der Waals surface area (Å²) in [5.74, 6) is -2.19. The van der Waals surface area contributed by atoms with E-state index in [2.05, 4.69) is 14.7 Å². The molecule has 0 aliphatic rings. The van der Waals surface area contributed by atoms with Gasteiger partial charge in [-0.05, 0) is 48.0 Å². The average Bonchev–Trinajstić information content (AvgIpc) is 2.63. The van der Waals surface area contributed by atoms with Crippen molar-refractivity contribution in [2.75, 3.05) is 4.72 Å². The van der Waals surface area contributed by atoms with Crippen molar-refractivity contribution in [3.8, 4) is 0 Å². The topological polar surface area (TPSA) is 92.2 Å². The third kappa shape index (κ3) is 4.62. The predicted octanol–water partition coefficient (Wildman–Crippen LogP) is 4.27. The number of aliphatic hydroxyl groups is 1. The van der Waals surface area contributed by atoms with E-state index in [0.29, 0.717) is 11.8 Å². The Labute approximate surface area is 164 Å². The number of aliphatic hydroxyl groups excluding tert-OH is 1. The Bertz CT molecular complexity index is 1170. The van der Waals surface area contributed by atoms with E-state index in [4.69, 9.17) is 11.6 Å². The van der Waals surface area contributed by atoms with Crippen LogP contribution in [0.3, 0.4) is 0 Å². The Morgan fingerprint density at radius 3 is 2.68 bits per heavy atom. The summed E-state index contributed by atoms with van der Waals surface area (Å²) in [6.45, 7) is 0. The molecular weight excluding hydrogens is 412 g/mol. The number of nitrogens with one attached hydrogen (secondary N) is 1. The SMILES string of the molecule is O=S(=O)(Nc1cccc(/C(O)=C/c2ccnc(Cl)n2)c1)c1cc(F)ccc1F. The molecule has 0 atom stereocenters. The number of hydrogen-bond acceptors (Lipinski definition) is 5. The molecule has 0 spiro atoms. The quantitative estimate of drug-likeness (QED) is 0.472. The van der Waals surface area contributed by atoms with Crippen molar-refractivity contribution in [3.63, 3.8) is 0 Å². The molecule has 0 saturated carbocycles. The fourth-order valence-electron chi connectivity index (χ4n) is 2.29. The molecule has 10 heteroatoms. The van der Waals surface area contributed by atoms with Gasteiger partial charge >= 0.3 is 0 Å². The maximum absolute atomic E-state index is 13.8. The number of aromatic nitrogens is 2. The van der Waals surface area contributed by atoms with Crippen molar-refractivity contribution in [2.24, 2.45) is 0 Å². The monoisotopic (exact) mass is 423 g/mol. The third-order valence-electron chi connectivity index (χ3n) is 3.53. The highest BCUT2D eigenvalue weighted by Crippen LogP contribution is 2.23. The number of halogens is 3. The van der Waals surface area contributed by atoms with Crippen molar-refractivity contribution < 1.29 is 22.3 Å². The molecule has 0 fully saturated rings. The molecule has 144 valence electrons. The van der Waals surface area contributed by atoms with Gasteiger partial charge in [0, 0.05) is 23.5 Å². The van der Waals surface area contributed by atoms with Gasteiger partial charge in [-0.2, -0.15) is 0 Å². The van der Waals surface area contributed by atoms with E-state index in [0.717, 1.165) is 12.1 Å². The molecule has 2 aromatic carbocycles. The predicted molar refractivity (Wildman–Crippen MR) is 101 cm³/mol. The van der Waals surface area contributed by atoms with Crippen LogP contribution in [-0.4, -0.2) is 23.5 Å². The first-order chi connectivity index (χ1) is 13.2.